The van der Waals surface area contributed by atoms with E-state index in [1.807, 2.05) is 30.4 Å². The van der Waals surface area contributed by atoms with Gasteiger partial charge < -0.3 is 10.8 Å². The van der Waals surface area contributed by atoms with Gasteiger partial charge in [0.25, 0.3) is 0 Å². The normalized spacial score (nSPS) is 12.9. The lowest BCUT2D eigenvalue weighted by Crippen LogP contribution is -2.23. The van der Waals surface area contributed by atoms with Gasteiger partial charge in [0.15, 0.2) is 0 Å². The van der Waals surface area contributed by atoms with E-state index in [1.54, 1.807) is 6.07 Å². The topological polar surface area (TPSA) is 80.6 Å². The molecule has 0 aliphatic carbocycles. The van der Waals surface area contributed by atoms with Crippen molar-refractivity contribution >= 4 is 11.5 Å². The molecule has 0 fully saturated rings. The Morgan fingerprint density at radius 1 is 1.59 bits per heavy atom. The van der Waals surface area contributed by atoms with Crippen LogP contribution in [0.4, 0.5) is 0 Å². The predicted octanol–water partition coefficient (Wildman–Crippen LogP) is 1.29. The maximum Gasteiger partial charge on any atom is 0.326 e. The highest BCUT2D eigenvalue weighted by molar-refractivity contribution is 5.75. The molecule has 0 saturated heterocycles. The monoisotopic (exact) mass is 233 g/mol. The van der Waals surface area contributed by atoms with Gasteiger partial charge in [-0.15, -0.1) is 0 Å². The van der Waals surface area contributed by atoms with E-state index in [4.69, 9.17) is 10.8 Å². The van der Waals surface area contributed by atoms with Gasteiger partial charge in [-0.2, -0.15) is 0 Å². The van der Waals surface area contributed by atoms with Gasteiger partial charge in [0.05, 0.1) is 16.9 Å². The number of carbonyl (C=O) groups is 1. The van der Waals surface area contributed by atoms with Crippen molar-refractivity contribution in [2.45, 2.75) is 26.3 Å². The number of fused-ring (bicyclic) bond motifs is 1. The predicted molar refractivity (Wildman–Crippen MR) is 63.9 cm³/mol. The first-order chi connectivity index (χ1) is 8.06. The number of carboxylic acids is 1. The summed E-state index contributed by atoms with van der Waals surface area (Å²) >= 11 is 0. The Morgan fingerprint density at radius 2 is 2.29 bits per heavy atom. The van der Waals surface area contributed by atoms with Crippen molar-refractivity contribution in [1.29, 1.82) is 0 Å². The molecular formula is C12H15N3O2. The fourth-order valence-corrected chi connectivity index (χ4v) is 2.00. The molecule has 2 aromatic rings. The fourth-order valence-electron chi connectivity index (χ4n) is 2.00. The first kappa shape index (κ1) is 11.6. The Hall–Kier alpha value is -1.88. The van der Waals surface area contributed by atoms with Gasteiger partial charge in [0.2, 0.25) is 0 Å². The van der Waals surface area contributed by atoms with E-state index in [0.29, 0.717) is 5.69 Å². The van der Waals surface area contributed by atoms with Gasteiger partial charge in [-0.25, -0.2) is 4.98 Å². The number of imidazole rings is 1. The van der Waals surface area contributed by atoms with Crippen molar-refractivity contribution in [3.63, 3.8) is 0 Å². The third-order valence-corrected chi connectivity index (χ3v) is 2.85. The van der Waals surface area contributed by atoms with Crippen LogP contribution in [0.15, 0.2) is 18.2 Å². The molecular weight excluding hydrogens is 218 g/mol. The number of rotatable bonds is 3. The molecule has 2 heterocycles. The molecule has 0 aliphatic heterocycles. The van der Waals surface area contributed by atoms with Crippen molar-refractivity contribution in [2.75, 3.05) is 0 Å². The number of hydrogen-bond donors (Lipinski definition) is 2. The Morgan fingerprint density at radius 3 is 2.88 bits per heavy atom. The van der Waals surface area contributed by atoms with Gasteiger partial charge in [-0.05, 0) is 19.1 Å². The molecule has 0 radical (unpaired) electrons. The summed E-state index contributed by atoms with van der Waals surface area (Å²) in [6, 6.07) is 4.42. The van der Waals surface area contributed by atoms with Gasteiger partial charge >= 0.3 is 5.97 Å². The van der Waals surface area contributed by atoms with E-state index in [1.165, 1.54) is 0 Å². The van der Waals surface area contributed by atoms with Crippen LogP contribution < -0.4 is 5.73 Å². The number of nitrogens with zero attached hydrogens (tertiary/aromatic N) is 2. The maximum atomic E-state index is 11.0. The molecule has 0 aromatic carbocycles. The molecule has 5 heteroatoms. The third kappa shape index (κ3) is 1.78. The number of aromatic nitrogens is 2. The number of aliphatic carboxylic acids is 1. The van der Waals surface area contributed by atoms with Crippen LogP contribution in [-0.4, -0.2) is 20.5 Å². The Kier molecular flexibility index (Phi) is 2.85. The van der Waals surface area contributed by atoms with E-state index in [9.17, 15) is 4.79 Å². The van der Waals surface area contributed by atoms with E-state index in [-0.39, 0.29) is 0 Å². The summed E-state index contributed by atoms with van der Waals surface area (Å²) in [5, 5.41) is 9.01. The summed E-state index contributed by atoms with van der Waals surface area (Å²) in [6.45, 7) is 3.89. The van der Waals surface area contributed by atoms with Crippen LogP contribution >= 0.6 is 0 Å². The molecule has 0 saturated carbocycles. The van der Waals surface area contributed by atoms with Crippen molar-refractivity contribution in [3.05, 3.63) is 35.4 Å². The number of aryl methyl sites for hydroxylation is 2. The van der Waals surface area contributed by atoms with Crippen LogP contribution in [0.1, 0.15) is 30.2 Å². The van der Waals surface area contributed by atoms with Crippen molar-refractivity contribution in [1.82, 2.24) is 9.38 Å². The molecule has 5 nitrogen and oxygen atoms in total. The number of carboxylic acid groups (broad SMARTS) is 1. The zero-order chi connectivity index (χ0) is 12.6. The summed E-state index contributed by atoms with van der Waals surface area (Å²) in [5.41, 5.74) is 8.05. The van der Waals surface area contributed by atoms with Crippen LogP contribution in [0.25, 0.3) is 5.52 Å². The van der Waals surface area contributed by atoms with Crippen molar-refractivity contribution in [2.24, 2.45) is 5.73 Å². The maximum absolute atomic E-state index is 11.0. The van der Waals surface area contributed by atoms with E-state index >= 15 is 0 Å². The lowest BCUT2D eigenvalue weighted by atomic mass is 10.2. The molecule has 2 rings (SSSR count). The SMILES string of the molecule is CCc1nc(C)c2cccc(C(N)C(=O)O)n12. The second-order valence-corrected chi connectivity index (χ2v) is 3.95. The van der Waals surface area contributed by atoms with Crippen LogP contribution in [0.3, 0.4) is 0 Å². The van der Waals surface area contributed by atoms with Crippen LogP contribution in [0.2, 0.25) is 0 Å². The standard InChI is InChI=1S/C12H15N3O2/c1-3-10-14-7(2)8-5-4-6-9(15(8)10)11(13)12(16)17/h4-6,11H,3,13H2,1-2H3,(H,16,17). The minimum atomic E-state index is -1.04. The molecule has 3 N–H and O–H groups in total. The average Bonchev–Trinajstić information content (AvgIpc) is 2.65. The summed E-state index contributed by atoms with van der Waals surface area (Å²) in [6.07, 6.45) is 0.734. The average molecular weight is 233 g/mol. The number of nitrogens with two attached hydrogens (primary N) is 1. The summed E-state index contributed by atoms with van der Waals surface area (Å²) < 4.78 is 1.84. The van der Waals surface area contributed by atoms with E-state index in [2.05, 4.69) is 4.98 Å². The van der Waals surface area contributed by atoms with Gasteiger partial charge in [0, 0.05) is 6.42 Å². The molecule has 17 heavy (non-hydrogen) atoms. The molecule has 0 bridgehead atoms. The van der Waals surface area contributed by atoms with Gasteiger partial charge in [-0.1, -0.05) is 13.0 Å². The van der Waals surface area contributed by atoms with Crippen LogP contribution in [0.5, 0.6) is 0 Å². The lowest BCUT2D eigenvalue weighted by Gasteiger charge is -2.11. The minimum absolute atomic E-state index is 0.562. The van der Waals surface area contributed by atoms with Crippen molar-refractivity contribution < 1.29 is 9.90 Å². The second-order valence-electron chi connectivity index (χ2n) is 3.95. The second kappa shape index (κ2) is 4.18. The summed E-state index contributed by atoms with van der Waals surface area (Å²) in [5.74, 6) is -0.198. The first-order valence-electron chi connectivity index (χ1n) is 5.51. The molecule has 1 atom stereocenters. The zero-order valence-corrected chi connectivity index (χ0v) is 9.84. The molecule has 0 amide bonds. The Bertz CT molecular complexity index is 574. The Labute approximate surface area is 98.9 Å². The quantitative estimate of drug-likeness (QED) is 0.837. The highest BCUT2D eigenvalue weighted by Gasteiger charge is 2.19. The lowest BCUT2D eigenvalue weighted by molar-refractivity contribution is -0.138. The third-order valence-electron chi connectivity index (χ3n) is 2.85. The largest absolute Gasteiger partial charge is 0.480 e. The first-order valence-corrected chi connectivity index (χ1v) is 5.51. The highest BCUT2D eigenvalue weighted by atomic mass is 16.4. The zero-order valence-electron chi connectivity index (χ0n) is 9.84. The van der Waals surface area contributed by atoms with Crippen molar-refractivity contribution in [3.8, 4) is 0 Å². The van der Waals surface area contributed by atoms with E-state index in [0.717, 1.165) is 23.5 Å². The molecule has 0 spiro atoms. The molecule has 1 unspecified atom stereocenters. The van der Waals surface area contributed by atoms with E-state index < -0.39 is 12.0 Å². The minimum Gasteiger partial charge on any atom is -0.480 e. The summed E-state index contributed by atoms with van der Waals surface area (Å²) in [4.78, 5) is 15.4. The molecule has 0 aliphatic rings. The van der Waals surface area contributed by atoms with Gasteiger partial charge in [-0.3, -0.25) is 9.20 Å². The Balaban J connectivity index is 2.75. The number of pyridine rings is 1. The molecule has 90 valence electrons. The van der Waals surface area contributed by atoms with Gasteiger partial charge in [0.1, 0.15) is 11.9 Å². The highest BCUT2D eigenvalue weighted by Crippen LogP contribution is 2.19. The summed E-state index contributed by atoms with van der Waals surface area (Å²) in [7, 11) is 0. The molecule has 2 aromatic heterocycles. The fraction of sp³-hybridized carbons (Fsp3) is 0.333. The smallest absolute Gasteiger partial charge is 0.326 e. The van der Waals surface area contributed by atoms with Crippen LogP contribution in [-0.2, 0) is 11.2 Å². The van der Waals surface area contributed by atoms with Crippen LogP contribution in [0, 0.1) is 6.92 Å². The number of hydrogen-bond acceptors (Lipinski definition) is 3.